The molecule has 5 nitrogen and oxygen atoms in total. The van der Waals surface area contributed by atoms with E-state index in [1.165, 1.54) is 16.1 Å². The van der Waals surface area contributed by atoms with E-state index >= 15 is 0 Å². The average molecular weight is 395 g/mol. The maximum absolute atomic E-state index is 12.1. The number of carbonyl (C=O) groups excluding carboxylic acids is 1. The lowest BCUT2D eigenvalue weighted by molar-refractivity contribution is -0.116. The van der Waals surface area contributed by atoms with Crippen LogP contribution in [0.5, 0.6) is 0 Å². The summed E-state index contributed by atoms with van der Waals surface area (Å²) in [6.07, 6.45) is 2.75. The normalized spacial score (nSPS) is 11.5. The number of amides is 1. The van der Waals surface area contributed by atoms with E-state index in [0.717, 1.165) is 6.42 Å². The summed E-state index contributed by atoms with van der Waals surface area (Å²) in [5, 5.41) is 3.26. The predicted molar refractivity (Wildman–Crippen MR) is 106 cm³/mol. The number of aryl methyl sites for hydroxylation is 1. The van der Waals surface area contributed by atoms with E-state index in [0.29, 0.717) is 23.7 Å². The molecule has 0 atom stereocenters. The number of halogens is 1. The summed E-state index contributed by atoms with van der Waals surface area (Å²) >= 11 is 5.88. The van der Waals surface area contributed by atoms with Crippen LogP contribution in [0, 0.1) is 0 Å². The second-order valence-corrected chi connectivity index (χ2v) is 8.48. The Bertz CT molecular complexity index is 826. The number of rotatable bonds is 9. The Balaban J connectivity index is 1.84. The smallest absolute Gasteiger partial charge is 0.225 e. The Labute approximate surface area is 160 Å². The molecule has 2 aromatic carbocycles. The molecule has 1 N–H and O–H groups in total. The Morgan fingerprint density at radius 1 is 1.08 bits per heavy atom. The Kier molecular flexibility index (Phi) is 7.63. The summed E-state index contributed by atoms with van der Waals surface area (Å²) in [7, 11) is -3.36. The third-order valence-corrected chi connectivity index (χ3v) is 5.42. The van der Waals surface area contributed by atoms with Crippen LogP contribution in [0.4, 0.5) is 5.69 Å². The lowest BCUT2D eigenvalue weighted by Gasteiger charge is -2.19. The maximum Gasteiger partial charge on any atom is 0.225 e. The van der Waals surface area contributed by atoms with E-state index in [1.807, 2.05) is 30.3 Å². The van der Waals surface area contributed by atoms with Gasteiger partial charge in [-0.15, -0.1) is 0 Å². The van der Waals surface area contributed by atoms with Crippen molar-refractivity contribution in [1.82, 2.24) is 4.31 Å². The van der Waals surface area contributed by atoms with E-state index in [2.05, 4.69) is 5.32 Å². The van der Waals surface area contributed by atoms with Crippen LogP contribution in [-0.2, 0) is 21.2 Å². The zero-order valence-electron chi connectivity index (χ0n) is 14.7. The summed E-state index contributed by atoms with van der Waals surface area (Å²) in [5.74, 6) is -0.246. The second kappa shape index (κ2) is 9.71. The predicted octanol–water partition coefficient (Wildman–Crippen LogP) is 3.56. The zero-order chi connectivity index (χ0) is 19.0. The summed E-state index contributed by atoms with van der Waals surface area (Å²) in [4.78, 5) is 12.1. The fourth-order valence-corrected chi connectivity index (χ4v) is 3.64. The lowest BCUT2D eigenvalue weighted by atomic mass is 10.1. The molecule has 0 saturated carbocycles. The number of carbonyl (C=O) groups is 1. The minimum Gasteiger partial charge on any atom is -0.326 e. The molecule has 0 heterocycles. The SMILES string of the molecule is CS(=O)(=O)N(CCCc1ccccc1)CCC(=O)Nc1cccc(Cl)c1. The van der Waals surface area contributed by atoms with Crippen LogP contribution in [0.15, 0.2) is 54.6 Å². The average Bonchev–Trinajstić information content (AvgIpc) is 2.57. The number of nitrogens with one attached hydrogen (secondary N) is 1. The van der Waals surface area contributed by atoms with Crippen molar-refractivity contribution in [2.75, 3.05) is 24.7 Å². The molecule has 26 heavy (non-hydrogen) atoms. The highest BCUT2D eigenvalue weighted by Gasteiger charge is 2.17. The van der Waals surface area contributed by atoms with Gasteiger partial charge >= 0.3 is 0 Å². The van der Waals surface area contributed by atoms with Crippen LogP contribution in [0.3, 0.4) is 0 Å². The first-order valence-corrected chi connectivity index (χ1v) is 10.6. The summed E-state index contributed by atoms with van der Waals surface area (Å²) in [6, 6.07) is 16.7. The molecule has 0 aliphatic heterocycles. The first-order chi connectivity index (χ1) is 12.3. The fraction of sp³-hybridized carbons (Fsp3) is 0.316. The number of nitrogens with zero attached hydrogens (tertiary/aromatic N) is 1. The van der Waals surface area contributed by atoms with Crippen LogP contribution >= 0.6 is 11.6 Å². The van der Waals surface area contributed by atoms with Gasteiger partial charge in [0.2, 0.25) is 15.9 Å². The first kappa shape index (κ1) is 20.4. The third-order valence-electron chi connectivity index (χ3n) is 3.88. The molecule has 0 spiro atoms. The second-order valence-electron chi connectivity index (χ2n) is 6.06. The molecular weight excluding hydrogens is 372 g/mol. The van der Waals surface area contributed by atoms with Crippen molar-refractivity contribution in [3.05, 3.63) is 65.2 Å². The Hall–Kier alpha value is -1.89. The third kappa shape index (κ3) is 7.15. The molecule has 0 fully saturated rings. The van der Waals surface area contributed by atoms with Gasteiger partial charge < -0.3 is 5.32 Å². The maximum atomic E-state index is 12.1. The van der Waals surface area contributed by atoms with Gasteiger partial charge in [0.05, 0.1) is 6.26 Å². The molecule has 0 radical (unpaired) electrons. The molecule has 0 unspecified atom stereocenters. The fourth-order valence-electron chi connectivity index (χ4n) is 2.56. The van der Waals surface area contributed by atoms with Gasteiger partial charge in [-0.1, -0.05) is 48.0 Å². The molecule has 1 amide bonds. The van der Waals surface area contributed by atoms with E-state index in [1.54, 1.807) is 24.3 Å². The first-order valence-electron chi connectivity index (χ1n) is 8.39. The van der Waals surface area contributed by atoms with Crippen LogP contribution < -0.4 is 5.32 Å². The van der Waals surface area contributed by atoms with Gasteiger partial charge in [0, 0.05) is 30.2 Å². The van der Waals surface area contributed by atoms with Crippen LogP contribution in [0.25, 0.3) is 0 Å². The van der Waals surface area contributed by atoms with Crippen LogP contribution in [-0.4, -0.2) is 38.0 Å². The van der Waals surface area contributed by atoms with E-state index in [4.69, 9.17) is 11.6 Å². The summed E-state index contributed by atoms with van der Waals surface area (Å²) in [5.41, 5.74) is 1.76. The lowest BCUT2D eigenvalue weighted by Crippen LogP contribution is -2.34. The van der Waals surface area contributed by atoms with Gasteiger partial charge in [-0.3, -0.25) is 4.79 Å². The molecule has 7 heteroatoms. The van der Waals surface area contributed by atoms with E-state index in [-0.39, 0.29) is 18.9 Å². The van der Waals surface area contributed by atoms with Gasteiger partial charge in [-0.2, -0.15) is 0 Å². The van der Waals surface area contributed by atoms with E-state index in [9.17, 15) is 13.2 Å². The molecule has 0 aliphatic rings. The minimum atomic E-state index is -3.36. The highest BCUT2D eigenvalue weighted by molar-refractivity contribution is 7.88. The highest BCUT2D eigenvalue weighted by Crippen LogP contribution is 2.15. The van der Waals surface area contributed by atoms with Crippen molar-refractivity contribution >= 4 is 33.2 Å². The molecular formula is C19H23ClN2O3S. The Morgan fingerprint density at radius 3 is 2.46 bits per heavy atom. The zero-order valence-corrected chi connectivity index (χ0v) is 16.3. The quantitative estimate of drug-likeness (QED) is 0.707. The molecule has 0 aliphatic carbocycles. The van der Waals surface area contributed by atoms with Crippen molar-refractivity contribution < 1.29 is 13.2 Å². The van der Waals surface area contributed by atoms with Crippen molar-refractivity contribution in [3.8, 4) is 0 Å². The number of hydrogen-bond donors (Lipinski definition) is 1. The van der Waals surface area contributed by atoms with Gasteiger partial charge in [0.15, 0.2) is 0 Å². The minimum absolute atomic E-state index is 0.0882. The molecule has 0 bridgehead atoms. The highest BCUT2D eigenvalue weighted by atomic mass is 35.5. The van der Waals surface area contributed by atoms with Gasteiger partial charge in [0.25, 0.3) is 0 Å². The number of sulfonamides is 1. The van der Waals surface area contributed by atoms with Crippen LogP contribution in [0.2, 0.25) is 5.02 Å². The molecule has 2 aromatic rings. The molecule has 0 aromatic heterocycles. The van der Waals surface area contributed by atoms with E-state index < -0.39 is 10.0 Å². The van der Waals surface area contributed by atoms with Gasteiger partial charge in [0.1, 0.15) is 0 Å². The van der Waals surface area contributed by atoms with Crippen molar-refractivity contribution in [2.45, 2.75) is 19.3 Å². The van der Waals surface area contributed by atoms with Crippen molar-refractivity contribution in [2.24, 2.45) is 0 Å². The van der Waals surface area contributed by atoms with Crippen molar-refractivity contribution in [1.29, 1.82) is 0 Å². The Morgan fingerprint density at radius 2 is 1.81 bits per heavy atom. The largest absolute Gasteiger partial charge is 0.326 e. The molecule has 0 saturated heterocycles. The summed E-state index contributed by atoms with van der Waals surface area (Å²) in [6.45, 7) is 0.540. The monoisotopic (exact) mass is 394 g/mol. The van der Waals surface area contributed by atoms with Crippen molar-refractivity contribution in [3.63, 3.8) is 0 Å². The summed E-state index contributed by atoms with van der Waals surface area (Å²) < 4.78 is 25.3. The molecule has 140 valence electrons. The van der Waals surface area contributed by atoms with Gasteiger partial charge in [-0.05, 0) is 36.6 Å². The number of hydrogen-bond acceptors (Lipinski definition) is 3. The number of anilines is 1. The van der Waals surface area contributed by atoms with Crippen LogP contribution in [0.1, 0.15) is 18.4 Å². The number of benzene rings is 2. The topological polar surface area (TPSA) is 66.5 Å². The van der Waals surface area contributed by atoms with Gasteiger partial charge in [-0.25, -0.2) is 12.7 Å². The molecule has 2 rings (SSSR count). The standard InChI is InChI=1S/C19H23ClN2O3S/c1-26(24,25)22(13-6-9-16-7-3-2-4-8-16)14-12-19(23)21-18-11-5-10-17(20)15-18/h2-5,7-8,10-11,15H,6,9,12-14H2,1H3,(H,21,23).